The van der Waals surface area contributed by atoms with Crippen LogP contribution in [-0.2, 0) is 17.8 Å². The molecule has 7 nitrogen and oxygen atoms in total. The molecule has 3 heterocycles. The van der Waals surface area contributed by atoms with Gasteiger partial charge >= 0.3 is 5.97 Å². The number of allylic oxidation sites excluding steroid dienone is 3. The molecule has 37 heavy (non-hydrogen) atoms. The van der Waals surface area contributed by atoms with Gasteiger partial charge in [-0.05, 0) is 79.1 Å². The van der Waals surface area contributed by atoms with E-state index in [9.17, 15) is 14.3 Å². The third-order valence-corrected chi connectivity index (χ3v) is 8.62. The number of nitrogens with one attached hydrogen (secondary N) is 1. The Kier molecular flexibility index (Phi) is 5.99. The number of hydrogen-bond acceptors (Lipinski definition) is 6. The molecule has 2 aliphatic carbocycles. The molecule has 1 aromatic carbocycles. The van der Waals surface area contributed by atoms with Crippen molar-refractivity contribution in [1.29, 1.82) is 0 Å². The zero-order valence-corrected chi connectivity index (χ0v) is 21.9. The van der Waals surface area contributed by atoms with Gasteiger partial charge in [0.2, 0.25) is 5.95 Å². The number of aromatic nitrogens is 2. The summed E-state index contributed by atoms with van der Waals surface area (Å²) in [4.78, 5) is 25.6. The highest BCUT2D eigenvalue weighted by atomic mass is 35.5. The molecular formula is C28H31ClFN5O2. The Morgan fingerprint density at radius 1 is 1.35 bits per heavy atom. The number of carbonyl (C=O) groups is 1. The van der Waals surface area contributed by atoms with Gasteiger partial charge in [-0.1, -0.05) is 24.6 Å². The van der Waals surface area contributed by atoms with E-state index in [1.807, 2.05) is 0 Å². The van der Waals surface area contributed by atoms with E-state index >= 15 is 0 Å². The summed E-state index contributed by atoms with van der Waals surface area (Å²) in [5.74, 6) is 0.396. The molecular weight excluding hydrogens is 493 g/mol. The lowest BCUT2D eigenvalue weighted by Crippen LogP contribution is -2.35. The number of carboxylic acid groups (broad SMARTS) is 1. The monoisotopic (exact) mass is 523 g/mol. The Bertz CT molecular complexity index is 1340. The smallest absolute Gasteiger partial charge is 0.315 e. The van der Waals surface area contributed by atoms with Crippen molar-refractivity contribution in [3.8, 4) is 0 Å². The molecule has 4 aliphatic rings. The number of benzene rings is 1. The SMILES string of the molecule is CCN1Cc2cc(Nc3ncc(Cl)c(N4CC(C)(C(=O)O)C5=C4CC(F)C=C5)n3)cc3c2C(CCC3)C1. The Morgan fingerprint density at radius 2 is 2.16 bits per heavy atom. The van der Waals surface area contributed by atoms with E-state index in [1.54, 1.807) is 17.9 Å². The molecule has 0 fully saturated rings. The number of alkyl halides is 1. The predicted molar refractivity (Wildman–Crippen MR) is 142 cm³/mol. The Hall–Kier alpha value is -2.97. The number of halogens is 2. The van der Waals surface area contributed by atoms with E-state index in [4.69, 9.17) is 16.6 Å². The van der Waals surface area contributed by atoms with Crippen LogP contribution in [-0.4, -0.2) is 51.7 Å². The van der Waals surface area contributed by atoms with Crippen molar-refractivity contribution < 1.29 is 14.3 Å². The van der Waals surface area contributed by atoms with Gasteiger partial charge < -0.3 is 15.3 Å². The molecule has 0 bridgehead atoms. The molecule has 0 saturated carbocycles. The lowest BCUT2D eigenvalue weighted by molar-refractivity contribution is -0.144. The van der Waals surface area contributed by atoms with Crippen LogP contribution in [0.15, 0.2) is 41.8 Å². The van der Waals surface area contributed by atoms with Crippen LogP contribution in [0.3, 0.4) is 0 Å². The second-order valence-electron chi connectivity index (χ2n) is 10.8. The molecule has 0 radical (unpaired) electrons. The van der Waals surface area contributed by atoms with Gasteiger partial charge in [-0.3, -0.25) is 9.69 Å². The van der Waals surface area contributed by atoms with Gasteiger partial charge in [0, 0.05) is 37.4 Å². The van der Waals surface area contributed by atoms with Crippen LogP contribution in [0.1, 0.15) is 55.7 Å². The summed E-state index contributed by atoms with van der Waals surface area (Å²) in [5, 5.41) is 13.7. The fourth-order valence-electron chi connectivity index (χ4n) is 6.47. The molecule has 6 rings (SSSR count). The van der Waals surface area contributed by atoms with Crippen LogP contribution in [0.4, 0.5) is 21.8 Å². The number of carboxylic acids is 1. The van der Waals surface area contributed by atoms with E-state index in [2.05, 4.69) is 34.3 Å². The molecule has 2 aromatic rings. The number of aryl methyl sites for hydroxylation is 1. The van der Waals surface area contributed by atoms with Crippen molar-refractivity contribution in [2.24, 2.45) is 5.41 Å². The molecule has 3 unspecified atom stereocenters. The average Bonchev–Trinajstić information content (AvgIpc) is 3.18. The first-order valence-electron chi connectivity index (χ1n) is 13.0. The second kappa shape index (κ2) is 9.10. The first kappa shape index (κ1) is 24.4. The van der Waals surface area contributed by atoms with Gasteiger partial charge in [-0.15, -0.1) is 0 Å². The quantitative estimate of drug-likeness (QED) is 0.528. The van der Waals surface area contributed by atoms with Crippen molar-refractivity contribution in [3.05, 3.63) is 63.5 Å². The highest BCUT2D eigenvalue weighted by molar-refractivity contribution is 6.33. The molecule has 3 atom stereocenters. The largest absolute Gasteiger partial charge is 0.481 e. The highest BCUT2D eigenvalue weighted by Gasteiger charge is 2.48. The maximum absolute atomic E-state index is 14.3. The topological polar surface area (TPSA) is 81.6 Å². The molecule has 9 heteroatoms. The number of anilines is 3. The minimum Gasteiger partial charge on any atom is -0.481 e. The highest BCUT2D eigenvalue weighted by Crippen LogP contribution is 2.47. The van der Waals surface area contributed by atoms with Gasteiger partial charge in [0.05, 0.1) is 6.20 Å². The molecule has 0 amide bonds. The van der Waals surface area contributed by atoms with Crippen LogP contribution >= 0.6 is 11.6 Å². The first-order valence-corrected chi connectivity index (χ1v) is 13.4. The van der Waals surface area contributed by atoms with Crippen molar-refractivity contribution >= 4 is 35.0 Å². The summed E-state index contributed by atoms with van der Waals surface area (Å²) in [7, 11) is 0. The summed E-state index contributed by atoms with van der Waals surface area (Å²) in [5.41, 5.74) is 5.24. The summed E-state index contributed by atoms with van der Waals surface area (Å²) < 4.78 is 14.3. The van der Waals surface area contributed by atoms with Gasteiger partial charge in [0.15, 0.2) is 5.82 Å². The maximum Gasteiger partial charge on any atom is 0.315 e. The van der Waals surface area contributed by atoms with E-state index < -0.39 is 17.6 Å². The first-order chi connectivity index (χ1) is 17.8. The van der Waals surface area contributed by atoms with Crippen LogP contribution in [0, 0.1) is 5.41 Å². The summed E-state index contributed by atoms with van der Waals surface area (Å²) in [6, 6.07) is 4.41. The van der Waals surface area contributed by atoms with E-state index in [0.29, 0.717) is 34.0 Å². The number of aliphatic carboxylic acids is 1. The number of likely N-dealkylation sites (N-methyl/N-ethyl adjacent to an activating group) is 1. The second-order valence-corrected chi connectivity index (χ2v) is 11.2. The average molecular weight is 524 g/mol. The predicted octanol–water partition coefficient (Wildman–Crippen LogP) is 5.59. The van der Waals surface area contributed by atoms with E-state index in [1.165, 1.54) is 41.8 Å². The van der Waals surface area contributed by atoms with Gasteiger partial charge in [-0.2, -0.15) is 4.98 Å². The molecule has 1 aromatic heterocycles. The van der Waals surface area contributed by atoms with Crippen LogP contribution < -0.4 is 10.2 Å². The van der Waals surface area contributed by atoms with Gasteiger partial charge in [-0.25, -0.2) is 9.37 Å². The van der Waals surface area contributed by atoms with Crippen LogP contribution in [0.5, 0.6) is 0 Å². The third-order valence-electron chi connectivity index (χ3n) is 8.35. The van der Waals surface area contributed by atoms with Gasteiger partial charge in [0.25, 0.3) is 0 Å². The lowest BCUT2D eigenvalue weighted by Gasteiger charge is -2.38. The third kappa shape index (κ3) is 4.10. The Balaban J connectivity index is 1.34. The lowest BCUT2D eigenvalue weighted by atomic mass is 9.77. The number of rotatable bonds is 5. The fraction of sp³-hybridized carbons (Fsp3) is 0.464. The van der Waals surface area contributed by atoms with Crippen molar-refractivity contribution in [1.82, 2.24) is 14.9 Å². The Morgan fingerprint density at radius 3 is 2.95 bits per heavy atom. The Labute approximate surface area is 221 Å². The van der Waals surface area contributed by atoms with E-state index in [-0.39, 0.29) is 13.0 Å². The zero-order valence-electron chi connectivity index (χ0n) is 21.1. The zero-order chi connectivity index (χ0) is 25.9. The minimum atomic E-state index is -1.19. The molecule has 194 valence electrons. The molecule has 2 aliphatic heterocycles. The van der Waals surface area contributed by atoms with E-state index in [0.717, 1.165) is 31.7 Å². The maximum atomic E-state index is 14.3. The van der Waals surface area contributed by atoms with Crippen LogP contribution in [0.2, 0.25) is 5.02 Å². The van der Waals surface area contributed by atoms with Crippen molar-refractivity contribution in [2.45, 2.75) is 58.2 Å². The van der Waals surface area contributed by atoms with Crippen LogP contribution in [0.25, 0.3) is 0 Å². The molecule has 2 N–H and O–H groups in total. The summed E-state index contributed by atoms with van der Waals surface area (Å²) >= 11 is 6.54. The molecule has 0 spiro atoms. The summed E-state index contributed by atoms with van der Waals surface area (Å²) in [6.07, 6.45) is 6.94. The minimum absolute atomic E-state index is 0.0844. The summed E-state index contributed by atoms with van der Waals surface area (Å²) in [6.45, 7) is 7.09. The normalized spacial score (nSPS) is 26.8. The van der Waals surface area contributed by atoms with Crippen molar-refractivity contribution in [3.63, 3.8) is 0 Å². The number of nitrogens with zero attached hydrogens (tertiary/aromatic N) is 4. The van der Waals surface area contributed by atoms with Gasteiger partial charge in [0.1, 0.15) is 16.6 Å². The van der Waals surface area contributed by atoms with Crippen molar-refractivity contribution in [2.75, 3.05) is 29.9 Å². The number of hydrogen-bond donors (Lipinski definition) is 2. The standard InChI is InChI=1S/C28H31ClFN5O2/c1-3-34-13-17-6-4-5-16-9-20(10-18(14-34)24(16)17)32-27-31-12-22(29)25(33-27)35-15-28(2,26(36)37)21-8-7-19(30)11-23(21)35/h7-10,12,17,19H,3-6,11,13-15H2,1-2H3,(H,36,37)(H,31,32,33). The molecule has 0 saturated heterocycles. The fourth-order valence-corrected chi connectivity index (χ4v) is 6.67.